The van der Waals surface area contributed by atoms with Gasteiger partial charge < -0.3 is 0 Å². The van der Waals surface area contributed by atoms with Crippen LogP contribution in [-0.4, -0.2) is 31.0 Å². The molecule has 0 saturated carbocycles. The van der Waals surface area contributed by atoms with Crippen molar-refractivity contribution in [1.82, 2.24) is 4.98 Å². The molecular formula is C10H8N2O3Se. The van der Waals surface area contributed by atoms with Gasteiger partial charge in [-0.15, -0.1) is 0 Å². The van der Waals surface area contributed by atoms with Gasteiger partial charge in [0.15, 0.2) is 0 Å². The molecule has 2 N–H and O–H groups in total. The fourth-order valence-corrected chi connectivity index (χ4v) is 2.50. The van der Waals surface area contributed by atoms with E-state index >= 15 is 0 Å². The Balaban J connectivity index is 3.28. The van der Waals surface area contributed by atoms with Gasteiger partial charge in [-0.2, -0.15) is 0 Å². The normalized spacial score (nSPS) is 9.44. The molecule has 0 aliphatic heterocycles. The quantitative estimate of drug-likeness (QED) is 0.595. The minimum absolute atomic E-state index is 0.108. The van der Waals surface area contributed by atoms with Crippen molar-refractivity contribution >= 4 is 25.5 Å². The van der Waals surface area contributed by atoms with Gasteiger partial charge in [-0.1, -0.05) is 0 Å². The Morgan fingerprint density at radius 2 is 2.44 bits per heavy atom. The minimum atomic E-state index is -1.33. The summed E-state index contributed by atoms with van der Waals surface area (Å²) in [7, 11) is 0. The Hall–Kier alpha value is -1.83. The van der Waals surface area contributed by atoms with E-state index in [1.165, 1.54) is 0 Å². The van der Waals surface area contributed by atoms with E-state index in [9.17, 15) is 9.59 Å². The third-order valence-electron chi connectivity index (χ3n) is 1.70. The van der Waals surface area contributed by atoms with E-state index in [2.05, 4.69) is 11.6 Å². The number of carboxylic acid groups (broad SMARTS) is 1. The molecule has 0 atom stereocenters. The number of rotatable bonds is 4. The molecule has 0 aliphatic rings. The van der Waals surface area contributed by atoms with Crippen molar-refractivity contribution in [2.75, 3.05) is 0 Å². The number of pyridine rings is 1. The maximum atomic E-state index is 11.4. The number of hydrogen-bond donors (Lipinski definition) is 2. The zero-order valence-corrected chi connectivity index (χ0v) is 9.90. The van der Waals surface area contributed by atoms with E-state index in [-0.39, 0.29) is 20.5 Å². The number of nitrogens with zero attached hydrogens (tertiary/aromatic N) is 1. The zero-order chi connectivity index (χ0) is 12.1. The summed E-state index contributed by atoms with van der Waals surface area (Å²) < 4.78 is 0.505. The molecule has 0 radical (unpaired) electrons. The van der Waals surface area contributed by atoms with Gasteiger partial charge in [-0.05, 0) is 0 Å². The first-order valence-electron chi connectivity index (χ1n) is 4.24. The fourth-order valence-electron chi connectivity index (χ4n) is 1.01. The zero-order valence-electron chi connectivity index (χ0n) is 8.19. The van der Waals surface area contributed by atoms with E-state index in [0.717, 1.165) is 6.07 Å². The van der Waals surface area contributed by atoms with Crippen LogP contribution in [0, 0.1) is 11.3 Å². The summed E-state index contributed by atoms with van der Waals surface area (Å²) in [5, 5.41) is 18.2. The molecule has 0 aliphatic carbocycles. The second-order valence-corrected chi connectivity index (χ2v) is 4.93. The summed E-state index contributed by atoms with van der Waals surface area (Å²) in [6.45, 7) is 3.55. The third kappa shape index (κ3) is 2.60. The van der Waals surface area contributed by atoms with Gasteiger partial charge in [0.25, 0.3) is 0 Å². The van der Waals surface area contributed by atoms with E-state index < -0.39 is 17.1 Å². The summed E-state index contributed by atoms with van der Waals surface area (Å²) in [4.78, 5) is 24.5. The second kappa shape index (κ2) is 5.31. The molecule has 16 heavy (non-hydrogen) atoms. The summed E-state index contributed by atoms with van der Waals surface area (Å²) in [5.74, 6) is -1.33. The molecule has 1 aromatic heterocycles. The average molecular weight is 283 g/mol. The summed E-state index contributed by atoms with van der Waals surface area (Å²) in [6.07, 6.45) is 1.69. The van der Waals surface area contributed by atoms with Crippen molar-refractivity contribution in [3.8, 4) is 6.07 Å². The van der Waals surface area contributed by atoms with Gasteiger partial charge in [-0.25, -0.2) is 0 Å². The Morgan fingerprint density at radius 1 is 1.75 bits per heavy atom. The average Bonchev–Trinajstić information content (AvgIpc) is 2.25. The predicted octanol–water partition coefficient (Wildman–Crippen LogP) is -0.121. The molecule has 6 heteroatoms. The Bertz CT molecular complexity index is 528. The summed E-state index contributed by atoms with van der Waals surface area (Å²) >= 11 is -0.108. The molecular weight excluding hydrogens is 275 g/mol. The first-order valence-corrected chi connectivity index (χ1v) is 6.31. The van der Waals surface area contributed by atoms with Gasteiger partial charge in [0.2, 0.25) is 0 Å². The molecule has 1 aromatic rings. The first kappa shape index (κ1) is 12.2. The van der Waals surface area contributed by atoms with Gasteiger partial charge in [0, 0.05) is 0 Å². The van der Waals surface area contributed by atoms with Crippen LogP contribution in [0.1, 0.15) is 15.9 Å². The number of H-pyrrole nitrogens is 1. The Kier molecular flexibility index (Phi) is 4.06. The third-order valence-corrected chi connectivity index (χ3v) is 3.83. The number of hydrogen-bond acceptors (Lipinski definition) is 3. The van der Waals surface area contributed by atoms with Crippen LogP contribution in [0.4, 0.5) is 0 Å². The van der Waals surface area contributed by atoms with Gasteiger partial charge >= 0.3 is 97.3 Å². The summed E-state index contributed by atoms with van der Waals surface area (Å²) in [5.41, 5.74) is -0.874. The molecule has 5 nitrogen and oxygen atoms in total. The number of carboxylic acids is 1. The van der Waals surface area contributed by atoms with E-state index in [1.54, 1.807) is 6.08 Å². The summed E-state index contributed by atoms with van der Waals surface area (Å²) in [6, 6.07) is 2.99. The van der Waals surface area contributed by atoms with E-state index in [1.807, 2.05) is 6.07 Å². The van der Waals surface area contributed by atoms with Crippen LogP contribution < -0.4 is 10.2 Å². The molecule has 0 aromatic carbocycles. The monoisotopic (exact) mass is 284 g/mol. The van der Waals surface area contributed by atoms with Crippen molar-refractivity contribution in [1.29, 1.82) is 5.26 Å². The number of aromatic amines is 1. The molecule has 82 valence electrons. The number of carbonyl (C=O) groups is 1. The Morgan fingerprint density at radius 3 is 2.94 bits per heavy atom. The standard InChI is InChI=1S/C10H8N2O3Se/c1-2-3-16-9-6(5-11)4-7(10(14)15)8(13)12-9/h2,4H,1,3H2,(H,12,13)(H,14,15). The molecule has 0 unspecified atom stereocenters. The number of aromatic nitrogens is 1. The fraction of sp³-hybridized carbons (Fsp3) is 0.100. The first-order chi connectivity index (χ1) is 7.60. The van der Waals surface area contributed by atoms with Crippen molar-refractivity contribution in [2.45, 2.75) is 5.32 Å². The second-order valence-electron chi connectivity index (χ2n) is 2.77. The molecule has 1 heterocycles. The molecule has 0 fully saturated rings. The van der Waals surface area contributed by atoms with Crippen LogP contribution >= 0.6 is 0 Å². The number of nitrogens with one attached hydrogen (secondary N) is 1. The number of nitriles is 1. The van der Waals surface area contributed by atoms with Gasteiger partial charge in [0.05, 0.1) is 0 Å². The van der Waals surface area contributed by atoms with Crippen LogP contribution in [0.15, 0.2) is 23.5 Å². The van der Waals surface area contributed by atoms with Crippen molar-refractivity contribution < 1.29 is 9.90 Å². The van der Waals surface area contributed by atoms with Crippen LogP contribution in [0.5, 0.6) is 0 Å². The molecule has 0 spiro atoms. The van der Waals surface area contributed by atoms with Crippen LogP contribution in [0.3, 0.4) is 0 Å². The van der Waals surface area contributed by atoms with Crippen molar-refractivity contribution in [3.05, 3.63) is 40.2 Å². The SMILES string of the molecule is C=CC[Se]c1[nH]c(=O)c(C(=O)O)cc1C#N. The molecule has 0 saturated heterocycles. The van der Waals surface area contributed by atoms with Gasteiger partial charge in [0.1, 0.15) is 0 Å². The van der Waals surface area contributed by atoms with Crippen LogP contribution in [0.2, 0.25) is 5.32 Å². The molecule has 0 bridgehead atoms. The topological polar surface area (TPSA) is 93.9 Å². The van der Waals surface area contributed by atoms with E-state index in [0.29, 0.717) is 9.91 Å². The van der Waals surface area contributed by atoms with E-state index in [4.69, 9.17) is 10.4 Å². The van der Waals surface area contributed by atoms with Crippen LogP contribution in [-0.2, 0) is 0 Å². The number of aromatic carboxylic acids is 1. The Labute approximate surface area is 97.6 Å². The van der Waals surface area contributed by atoms with Crippen LogP contribution in [0.25, 0.3) is 0 Å². The molecule has 0 amide bonds. The maximum absolute atomic E-state index is 11.4. The van der Waals surface area contributed by atoms with Crippen molar-refractivity contribution in [3.63, 3.8) is 0 Å². The van der Waals surface area contributed by atoms with Crippen molar-refractivity contribution in [2.24, 2.45) is 0 Å². The van der Waals surface area contributed by atoms with Gasteiger partial charge in [-0.3, -0.25) is 0 Å². The predicted molar refractivity (Wildman–Crippen MR) is 59.1 cm³/mol. The number of allylic oxidation sites excluding steroid dienone is 1. The molecule has 1 rings (SSSR count).